The van der Waals surface area contributed by atoms with E-state index in [9.17, 15) is 9.59 Å². The first-order valence-electron chi connectivity index (χ1n) is 9.22. The van der Waals surface area contributed by atoms with Crippen molar-refractivity contribution in [2.75, 3.05) is 13.7 Å². The van der Waals surface area contributed by atoms with E-state index in [1.165, 1.54) is 6.42 Å². The molecule has 0 bridgehead atoms. The molecule has 1 aromatic carbocycles. The van der Waals surface area contributed by atoms with Gasteiger partial charge in [0.1, 0.15) is 5.75 Å². The standard InChI is InChI=1S/C20H28N2O3/c1-14-5-4-6-15(2)22(14)20(24)17-11-19(23)21(13-17)12-16-7-9-18(25-3)10-8-16/h7-10,14-15,17H,4-6,11-13H2,1-3H3. The van der Waals surface area contributed by atoms with Crippen LogP contribution >= 0.6 is 0 Å². The number of piperidine rings is 1. The maximum atomic E-state index is 13.0. The van der Waals surface area contributed by atoms with Gasteiger partial charge in [-0.3, -0.25) is 9.59 Å². The number of benzene rings is 1. The molecule has 0 spiro atoms. The Balaban J connectivity index is 1.64. The molecule has 3 unspecified atom stereocenters. The van der Waals surface area contributed by atoms with Gasteiger partial charge in [-0.2, -0.15) is 0 Å². The Morgan fingerprint density at radius 3 is 2.40 bits per heavy atom. The van der Waals surface area contributed by atoms with Gasteiger partial charge in [-0.25, -0.2) is 0 Å². The van der Waals surface area contributed by atoms with Gasteiger partial charge in [-0.1, -0.05) is 12.1 Å². The lowest BCUT2D eigenvalue weighted by Gasteiger charge is -2.40. The first-order valence-corrected chi connectivity index (χ1v) is 9.22. The van der Waals surface area contributed by atoms with Crippen molar-refractivity contribution in [1.82, 2.24) is 9.80 Å². The minimum absolute atomic E-state index is 0.0754. The van der Waals surface area contributed by atoms with E-state index in [0.29, 0.717) is 19.5 Å². The van der Waals surface area contributed by atoms with Crippen molar-refractivity contribution in [1.29, 1.82) is 0 Å². The zero-order valence-electron chi connectivity index (χ0n) is 15.4. The van der Waals surface area contributed by atoms with Gasteiger partial charge in [0.25, 0.3) is 0 Å². The summed E-state index contributed by atoms with van der Waals surface area (Å²) in [7, 11) is 1.64. The third kappa shape index (κ3) is 3.80. The maximum absolute atomic E-state index is 13.0. The fourth-order valence-corrected chi connectivity index (χ4v) is 4.11. The summed E-state index contributed by atoms with van der Waals surface area (Å²) >= 11 is 0. The Kier molecular flexibility index (Phi) is 5.30. The molecule has 0 saturated carbocycles. The Morgan fingerprint density at radius 1 is 1.16 bits per heavy atom. The summed E-state index contributed by atoms with van der Waals surface area (Å²) in [5, 5.41) is 0. The minimum Gasteiger partial charge on any atom is -0.497 e. The van der Waals surface area contributed by atoms with Crippen LogP contribution < -0.4 is 4.74 Å². The number of amides is 2. The van der Waals surface area contributed by atoms with Gasteiger partial charge >= 0.3 is 0 Å². The van der Waals surface area contributed by atoms with Gasteiger partial charge in [0, 0.05) is 31.6 Å². The van der Waals surface area contributed by atoms with Crippen molar-refractivity contribution in [3.63, 3.8) is 0 Å². The third-order valence-corrected chi connectivity index (χ3v) is 5.54. The Hall–Kier alpha value is -2.04. The lowest BCUT2D eigenvalue weighted by atomic mass is 9.94. The van der Waals surface area contributed by atoms with E-state index < -0.39 is 0 Å². The molecule has 0 N–H and O–H groups in total. The fourth-order valence-electron chi connectivity index (χ4n) is 4.11. The van der Waals surface area contributed by atoms with Gasteiger partial charge in [0.05, 0.1) is 13.0 Å². The monoisotopic (exact) mass is 344 g/mol. The molecule has 5 nitrogen and oxygen atoms in total. The quantitative estimate of drug-likeness (QED) is 0.844. The number of likely N-dealkylation sites (tertiary alicyclic amines) is 2. The van der Waals surface area contributed by atoms with Crippen LogP contribution in [0.4, 0.5) is 0 Å². The van der Waals surface area contributed by atoms with Crippen LogP contribution in [0, 0.1) is 5.92 Å². The van der Waals surface area contributed by atoms with Crippen LogP contribution in [0.25, 0.3) is 0 Å². The summed E-state index contributed by atoms with van der Waals surface area (Å²) in [4.78, 5) is 29.2. The number of methoxy groups -OCH3 is 1. The van der Waals surface area contributed by atoms with Crippen molar-refractivity contribution in [2.45, 2.75) is 58.2 Å². The molecule has 2 saturated heterocycles. The molecule has 2 amide bonds. The van der Waals surface area contributed by atoms with Crippen LogP contribution in [0.15, 0.2) is 24.3 Å². The number of hydrogen-bond donors (Lipinski definition) is 0. The lowest BCUT2D eigenvalue weighted by Crippen LogP contribution is -2.50. The molecule has 2 heterocycles. The Labute approximate surface area is 149 Å². The maximum Gasteiger partial charge on any atom is 0.228 e. The average Bonchev–Trinajstić information content (AvgIpc) is 2.96. The van der Waals surface area contributed by atoms with Crippen molar-refractivity contribution in [3.05, 3.63) is 29.8 Å². The van der Waals surface area contributed by atoms with E-state index >= 15 is 0 Å². The zero-order valence-corrected chi connectivity index (χ0v) is 15.4. The van der Waals surface area contributed by atoms with E-state index in [1.54, 1.807) is 7.11 Å². The Morgan fingerprint density at radius 2 is 1.80 bits per heavy atom. The van der Waals surface area contributed by atoms with Gasteiger partial charge in [-0.15, -0.1) is 0 Å². The van der Waals surface area contributed by atoms with E-state index in [2.05, 4.69) is 13.8 Å². The number of rotatable bonds is 4. The highest BCUT2D eigenvalue weighted by molar-refractivity contribution is 5.89. The van der Waals surface area contributed by atoms with Crippen LogP contribution in [-0.4, -0.2) is 47.4 Å². The van der Waals surface area contributed by atoms with Gasteiger partial charge in [0.2, 0.25) is 11.8 Å². The molecule has 0 aliphatic carbocycles. The normalized spacial score (nSPS) is 26.8. The molecular formula is C20H28N2O3. The van der Waals surface area contributed by atoms with Crippen LogP contribution in [0.2, 0.25) is 0 Å². The van der Waals surface area contributed by atoms with Gasteiger partial charge in [0.15, 0.2) is 0 Å². The van der Waals surface area contributed by atoms with Crippen LogP contribution in [0.3, 0.4) is 0 Å². The van der Waals surface area contributed by atoms with E-state index in [1.807, 2.05) is 34.1 Å². The second kappa shape index (κ2) is 7.46. The second-order valence-electron chi connectivity index (χ2n) is 7.40. The molecule has 5 heteroatoms. The van der Waals surface area contributed by atoms with Crippen LogP contribution in [0.1, 0.15) is 45.1 Å². The predicted octanol–water partition coefficient (Wildman–Crippen LogP) is 2.83. The molecule has 2 fully saturated rings. The van der Waals surface area contributed by atoms with Crippen molar-refractivity contribution < 1.29 is 14.3 Å². The van der Waals surface area contributed by atoms with Crippen molar-refractivity contribution in [3.8, 4) is 5.75 Å². The number of nitrogens with zero attached hydrogens (tertiary/aromatic N) is 2. The first kappa shape index (κ1) is 17.8. The zero-order chi connectivity index (χ0) is 18.0. The summed E-state index contributed by atoms with van der Waals surface area (Å²) in [6.07, 6.45) is 3.64. The molecule has 0 radical (unpaired) electrons. The van der Waals surface area contributed by atoms with Crippen LogP contribution in [-0.2, 0) is 16.1 Å². The highest BCUT2D eigenvalue weighted by Gasteiger charge is 2.39. The summed E-state index contributed by atoms with van der Waals surface area (Å²) in [5.74, 6) is 0.836. The van der Waals surface area contributed by atoms with Gasteiger partial charge < -0.3 is 14.5 Å². The highest BCUT2D eigenvalue weighted by atomic mass is 16.5. The topological polar surface area (TPSA) is 49.9 Å². The first-order chi connectivity index (χ1) is 12.0. The number of carbonyl (C=O) groups is 2. The number of ether oxygens (including phenoxy) is 1. The predicted molar refractivity (Wildman–Crippen MR) is 96.1 cm³/mol. The summed E-state index contributed by atoms with van der Waals surface area (Å²) < 4.78 is 5.17. The van der Waals surface area contributed by atoms with E-state index in [4.69, 9.17) is 4.74 Å². The molecule has 25 heavy (non-hydrogen) atoms. The molecule has 3 atom stereocenters. The Bertz CT molecular complexity index is 618. The van der Waals surface area contributed by atoms with Crippen LogP contribution in [0.5, 0.6) is 5.75 Å². The number of hydrogen-bond acceptors (Lipinski definition) is 3. The minimum atomic E-state index is -0.200. The molecule has 3 rings (SSSR count). The highest BCUT2D eigenvalue weighted by Crippen LogP contribution is 2.29. The number of carbonyl (C=O) groups excluding carboxylic acids is 2. The van der Waals surface area contributed by atoms with E-state index in [0.717, 1.165) is 24.2 Å². The summed E-state index contributed by atoms with van der Waals surface area (Å²) in [5.41, 5.74) is 1.06. The smallest absolute Gasteiger partial charge is 0.228 e. The van der Waals surface area contributed by atoms with E-state index in [-0.39, 0.29) is 29.8 Å². The second-order valence-corrected chi connectivity index (χ2v) is 7.40. The molecule has 2 aliphatic rings. The third-order valence-electron chi connectivity index (χ3n) is 5.54. The SMILES string of the molecule is COc1ccc(CN2CC(C(=O)N3C(C)CCCC3C)CC2=O)cc1. The average molecular weight is 344 g/mol. The molecule has 1 aromatic rings. The van der Waals surface area contributed by atoms with Crippen molar-refractivity contribution >= 4 is 11.8 Å². The molecular weight excluding hydrogens is 316 g/mol. The summed E-state index contributed by atoms with van der Waals surface area (Å²) in [6.45, 7) is 5.33. The fraction of sp³-hybridized carbons (Fsp3) is 0.600. The summed E-state index contributed by atoms with van der Waals surface area (Å²) in [6, 6.07) is 8.29. The molecule has 136 valence electrons. The molecule has 2 aliphatic heterocycles. The lowest BCUT2D eigenvalue weighted by molar-refractivity contribution is -0.141. The van der Waals surface area contributed by atoms with Crippen molar-refractivity contribution in [2.24, 2.45) is 5.92 Å². The molecule has 0 aromatic heterocycles. The van der Waals surface area contributed by atoms with Gasteiger partial charge in [-0.05, 0) is 50.8 Å². The largest absolute Gasteiger partial charge is 0.497 e.